The highest BCUT2D eigenvalue weighted by molar-refractivity contribution is 6.31. The van der Waals surface area contributed by atoms with Gasteiger partial charge in [-0.3, -0.25) is 0 Å². The van der Waals surface area contributed by atoms with Crippen LogP contribution in [0.25, 0.3) is 0 Å². The summed E-state index contributed by atoms with van der Waals surface area (Å²) in [7, 11) is 0. The molecular formula is C13H18Cl2. The molecule has 84 valence electrons. The first kappa shape index (κ1) is 12.9. The average molecular weight is 245 g/mol. The van der Waals surface area contributed by atoms with Gasteiger partial charge in [0.05, 0.1) is 0 Å². The summed E-state index contributed by atoms with van der Waals surface area (Å²) in [5.74, 6) is 1.61. The monoisotopic (exact) mass is 244 g/mol. The predicted octanol–water partition coefficient (Wildman–Crippen LogP) is 5.10. The lowest BCUT2D eigenvalue weighted by molar-refractivity contribution is 0.451. The molecule has 1 aromatic carbocycles. The molecule has 0 saturated heterocycles. The van der Waals surface area contributed by atoms with Gasteiger partial charge in [0.2, 0.25) is 0 Å². The summed E-state index contributed by atoms with van der Waals surface area (Å²) in [4.78, 5) is 0. The molecule has 0 heterocycles. The molecule has 0 saturated carbocycles. The minimum Gasteiger partial charge on any atom is -0.126 e. The predicted molar refractivity (Wildman–Crippen MR) is 69.0 cm³/mol. The lowest BCUT2D eigenvalue weighted by Crippen LogP contribution is -2.11. The number of benzene rings is 1. The van der Waals surface area contributed by atoms with Crippen LogP contribution in [0.2, 0.25) is 5.02 Å². The number of hydrogen-bond acceptors (Lipinski definition) is 0. The summed E-state index contributed by atoms with van der Waals surface area (Å²) in [5.41, 5.74) is 1.19. The normalized spacial score (nSPS) is 14.9. The minimum atomic E-state index is 0.375. The molecular weight excluding hydrogens is 227 g/mol. The topological polar surface area (TPSA) is 0 Å². The molecule has 0 amide bonds. The Morgan fingerprint density at radius 1 is 1.27 bits per heavy atom. The Bertz CT molecular complexity index is 296. The van der Waals surface area contributed by atoms with Crippen molar-refractivity contribution < 1.29 is 0 Å². The third kappa shape index (κ3) is 3.39. The Kier molecular flexibility index (Phi) is 5.49. The molecule has 0 spiro atoms. The molecule has 0 N–H and O–H groups in total. The van der Waals surface area contributed by atoms with E-state index in [1.165, 1.54) is 18.4 Å². The van der Waals surface area contributed by atoms with E-state index in [9.17, 15) is 0 Å². The summed E-state index contributed by atoms with van der Waals surface area (Å²) in [6.07, 6.45) is 2.39. The van der Waals surface area contributed by atoms with Crippen molar-refractivity contribution in [2.24, 2.45) is 5.92 Å². The molecule has 2 heteroatoms. The largest absolute Gasteiger partial charge is 0.126 e. The number of alkyl halides is 1. The van der Waals surface area contributed by atoms with E-state index < -0.39 is 0 Å². The molecule has 1 rings (SSSR count). The van der Waals surface area contributed by atoms with Crippen molar-refractivity contribution >= 4 is 23.2 Å². The van der Waals surface area contributed by atoms with E-state index in [-0.39, 0.29) is 0 Å². The van der Waals surface area contributed by atoms with E-state index in [0.717, 1.165) is 5.02 Å². The van der Waals surface area contributed by atoms with Crippen LogP contribution in [0.4, 0.5) is 0 Å². The van der Waals surface area contributed by atoms with Crippen LogP contribution in [0.5, 0.6) is 0 Å². The first-order valence-corrected chi connectivity index (χ1v) is 6.42. The molecule has 0 bridgehead atoms. The van der Waals surface area contributed by atoms with Crippen molar-refractivity contribution in [1.82, 2.24) is 0 Å². The second-order valence-corrected chi connectivity index (χ2v) is 4.76. The molecule has 0 fully saturated rings. The molecule has 2 unspecified atom stereocenters. The smallest absolute Gasteiger partial charge is 0.0441 e. The van der Waals surface area contributed by atoms with E-state index in [2.05, 4.69) is 19.9 Å². The fourth-order valence-corrected chi connectivity index (χ4v) is 2.72. The fraction of sp³-hybridized carbons (Fsp3) is 0.538. The van der Waals surface area contributed by atoms with Gasteiger partial charge in [0.25, 0.3) is 0 Å². The van der Waals surface area contributed by atoms with Gasteiger partial charge in [-0.2, -0.15) is 0 Å². The number of hydrogen-bond donors (Lipinski definition) is 0. The highest BCUT2D eigenvalue weighted by Crippen LogP contribution is 2.33. The second-order valence-electron chi connectivity index (χ2n) is 4.05. The van der Waals surface area contributed by atoms with Crippen LogP contribution in [0.1, 0.15) is 38.2 Å². The molecule has 0 aliphatic rings. The van der Waals surface area contributed by atoms with Crippen LogP contribution in [-0.2, 0) is 0 Å². The zero-order valence-corrected chi connectivity index (χ0v) is 10.9. The summed E-state index contributed by atoms with van der Waals surface area (Å²) < 4.78 is 0. The van der Waals surface area contributed by atoms with Gasteiger partial charge >= 0.3 is 0 Å². The Hall–Kier alpha value is -0.200. The summed E-state index contributed by atoms with van der Waals surface area (Å²) in [6.45, 7) is 4.45. The van der Waals surface area contributed by atoms with Crippen LogP contribution >= 0.6 is 23.2 Å². The van der Waals surface area contributed by atoms with Crippen molar-refractivity contribution in [3.8, 4) is 0 Å². The molecule has 1 aromatic rings. The molecule has 0 nitrogen and oxygen atoms in total. The zero-order valence-electron chi connectivity index (χ0n) is 9.34. The average Bonchev–Trinajstić information content (AvgIpc) is 2.22. The summed E-state index contributed by atoms with van der Waals surface area (Å²) in [6, 6.07) is 8.01. The number of rotatable bonds is 5. The van der Waals surface area contributed by atoms with Crippen molar-refractivity contribution in [2.75, 3.05) is 5.88 Å². The highest BCUT2D eigenvalue weighted by Gasteiger charge is 2.19. The Balaban J connectivity index is 2.87. The van der Waals surface area contributed by atoms with Crippen LogP contribution < -0.4 is 0 Å². The van der Waals surface area contributed by atoms with Crippen LogP contribution in [0.3, 0.4) is 0 Å². The number of halogens is 2. The first-order chi connectivity index (χ1) is 7.20. The van der Waals surface area contributed by atoms with Crippen molar-refractivity contribution in [3.05, 3.63) is 34.9 Å². The zero-order chi connectivity index (χ0) is 11.3. The van der Waals surface area contributed by atoms with Gasteiger partial charge in [-0.05, 0) is 17.5 Å². The van der Waals surface area contributed by atoms with Crippen LogP contribution in [0, 0.1) is 5.92 Å². The van der Waals surface area contributed by atoms with E-state index in [1.54, 1.807) is 0 Å². The lowest BCUT2D eigenvalue weighted by Gasteiger charge is -2.22. The SMILES string of the molecule is CCCC(C)C(CCl)c1ccccc1Cl. The highest BCUT2D eigenvalue weighted by atomic mass is 35.5. The minimum absolute atomic E-state index is 0.375. The van der Waals surface area contributed by atoms with Gasteiger partial charge in [0.1, 0.15) is 0 Å². The van der Waals surface area contributed by atoms with Gasteiger partial charge in [0, 0.05) is 16.8 Å². The quantitative estimate of drug-likeness (QED) is 0.633. The molecule has 0 aromatic heterocycles. The fourth-order valence-electron chi connectivity index (χ4n) is 1.97. The Morgan fingerprint density at radius 2 is 1.93 bits per heavy atom. The lowest BCUT2D eigenvalue weighted by atomic mass is 9.86. The molecule has 0 radical (unpaired) electrons. The second kappa shape index (κ2) is 6.40. The third-order valence-electron chi connectivity index (χ3n) is 2.90. The maximum atomic E-state index is 6.18. The standard InChI is InChI=1S/C13H18Cl2/c1-3-6-10(2)12(9-14)11-7-4-5-8-13(11)15/h4-5,7-8,10,12H,3,6,9H2,1-2H3. The Morgan fingerprint density at radius 3 is 2.47 bits per heavy atom. The summed E-state index contributed by atoms with van der Waals surface area (Å²) >= 11 is 12.2. The van der Waals surface area contributed by atoms with E-state index in [1.807, 2.05) is 18.2 Å². The van der Waals surface area contributed by atoms with Gasteiger partial charge in [-0.25, -0.2) is 0 Å². The third-order valence-corrected chi connectivity index (χ3v) is 3.58. The molecule has 15 heavy (non-hydrogen) atoms. The maximum Gasteiger partial charge on any atom is 0.0441 e. The molecule has 2 atom stereocenters. The van der Waals surface area contributed by atoms with E-state index in [0.29, 0.717) is 17.7 Å². The van der Waals surface area contributed by atoms with Crippen LogP contribution in [-0.4, -0.2) is 5.88 Å². The van der Waals surface area contributed by atoms with Gasteiger partial charge in [-0.15, -0.1) is 11.6 Å². The Labute approximate surface area is 103 Å². The molecule has 0 aliphatic carbocycles. The van der Waals surface area contributed by atoms with Crippen molar-refractivity contribution in [2.45, 2.75) is 32.6 Å². The van der Waals surface area contributed by atoms with Crippen molar-refractivity contribution in [3.63, 3.8) is 0 Å². The van der Waals surface area contributed by atoms with E-state index >= 15 is 0 Å². The van der Waals surface area contributed by atoms with Gasteiger partial charge in [0.15, 0.2) is 0 Å². The maximum absolute atomic E-state index is 6.18. The first-order valence-electron chi connectivity index (χ1n) is 5.51. The van der Waals surface area contributed by atoms with E-state index in [4.69, 9.17) is 23.2 Å². The van der Waals surface area contributed by atoms with Gasteiger partial charge in [-0.1, -0.05) is 56.5 Å². The summed E-state index contributed by atoms with van der Waals surface area (Å²) in [5, 5.41) is 0.839. The molecule has 0 aliphatic heterocycles. The van der Waals surface area contributed by atoms with Gasteiger partial charge < -0.3 is 0 Å². The van der Waals surface area contributed by atoms with Crippen molar-refractivity contribution in [1.29, 1.82) is 0 Å². The van der Waals surface area contributed by atoms with Crippen LogP contribution in [0.15, 0.2) is 24.3 Å².